The minimum Gasteiger partial charge on any atom is -0.328 e. The van der Waals surface area contributed by atoms with Crippen molar-refractivity contribution in [3.63, 3.8) is 0 Å². The maximum Gasteiger partial charge on any atom is 0.140 e. The zero-order chi connectivity index (χ0) is 11.8. The predicted molar refractivity (Wildman–Crippen MR) is 71.2 cm³/mol. The zero-order valence-electron chi connectivity index (χ0n) is 9.84. The lowest BCUT2D eigenvalue weighted by atomic mass is 10.1. The Balaban J connectivity index is 0.00000120. The van der Waals surface area contributed by atoms with E-state index in [9.17, 15) is 4.39 Å². The van der Waals surface area contributed by atoms with Gasteiger partial charge in [-0.05, 0) is 18.6 Å². The second-order valence-corrected chi connectivity index (χ2v) is 4.49. The Bertz CT molecular complexity index is 553. The summed E-state index contributed by atoms with van der Waals surface area (Å²) in [6.45, 7) is 0.863. The molecular formula is C13H15ClFN3. The molecule has 0 saturated carbocycles. The summed E-state index contributed by atoms with van der Waals surface area (Å²) in [7, 11) is 0. The molecule has 0 fully saturated rings. The molecule has 0 saturated heterocycles. The quantitative estimate of drug-likeness (QED) is 0.862. The minimum absolute atomic E-state index is 0. The number of rotatable bonds is 1. The fraction of sp³-hybridized carbons (Fsp3) is 0.308. The van der Waals surface area contributed by atoms with Crippen LogP contribution in [0.4, 0.5) is 4.39 Å². The normalized spacial score (nSPS) is 18.0. The number of benzene rings is 1. The molecule has 18 heavy (non-hydrogen) atoms. The van der Waals surface area contributed by atoms with Gasteiger partial charge in [0.05, 0.1) is 0 Å². The molecule has 1 aromatic carbocycles. The minimum atomic E-state index is -0.229. The van der Waals surface area contributed by atoms with Gasteiger partial charge in [0.2, 0.25) is 0 Å². The third-order valence-electron chi connectivity index (χ3n) is 3.22. The first-order valence-corrected chi connectivity index (χ1v) is 5.80. The van der Waals surface area contributed by atoms with E-state index in [4.69, 9.17) is 5.73 Å². The average molecular weight is 268 g/mol. The van der Waals surface area contributed by atoms with Crippen LogP contribution in [0.15, 0.2) is 30.5 Å². The van der Waals surface area contributed by atoms with Crippen molar-refractivity contribution in [1.29, 1.82) is 0 Å². The molecule has 3 nitrogen and oxygen atoms in total. The van der Waals surface area contributed by atoms with E-state index in [-0.39, 0.29) is 24.3 Å². The lowest BCUT2D eigenvalue weighted by Gasteiger charge is -2.21. The molecule has 3 rings (SSSR count). The molecule has 96 valence electrons. The van der Waals surface area contributed by atoms with Crippen molar-refractivity contribution in [3.8, 4) is 11.4 Å². The summed E-state index contributed by atoms with van der Waals surface area (Å²) in [6.07, 6.45) is 3.65. The lowest BCUT2D eigenvalue weighted by Crippen LogP contribution is -2.30. The third kappa shape index (κ3) is 2.26. The molecule has 2 N–H and O–H groups in total. The summed E-state index contributed by atoms with van der Waals surface area (Å²) in [6, 6.07) is 6.78. The van der Waals surface area contributed by atoms with E-state index in [0.29, 0.717) is 0 Å². The van der Waals surface area contributed by atoms with Crippen molar-refractivity contribution < 1.29 is 4.39 Å². The molecule has 1 aliphatic rings. The highest BCUT2D eigenvalue weighted by molar-refractivity contribution is 5.85. The van der Waals surface area contributed by atoms with Gasteiger partial charge in [-0.3, -0.25) is 0 Å². The number of nitrogens with zero attached hydrogens (tertiary/aromatic N) is 2. The fourth-order valence-corrected chi connectivity index (χ4v) is 2.35. The first-order valence-electron chi connectivity index (χ1n) is 5.80. The second kappa shape index (κ2) is 5.08. The van der Waals surface area contributed by atoms with Crippen molar-refractivity contribution >= 4 is 12.4 Å². The SMILES string of the molecule is Cl.NC1CCn2c(cnc2-c2cccc(F)c2)C1. The second-order valence-electron chi connectivity index (χ2n) is 4.49. The van der Waals surface area contributed by atoms with Crippen LogP contribution >= 0.6 is 12.4 Å². The molecule has 0 aliphatic carbocycles. The van der Waals surface area contributed by atoms with Crippen LogP contribution in [0.5, 0.6) is 0 Å². The summed E-state index contributed by atoms with van der Waals surface area (Å²) < 4.78 is 15.3. The number of hydrogen-bond acceptors (Lipinski definition) is 2. The third-order valence-corrected chi connectivity index (χ3v) is 3.22. The van der Waals surface area contributed by atoms with Gasteiger partial charge < -0.3 is 10.3 Å². The van der Waals surface area contributed by atoms with E-state index in [0.717, 1.165) is 36.5 Å². The lowest BCUT2D eigenvalue weighted by molar-refractivity contribution is 0.474. The molecule has 2 aromatic rings. The standard InChI is InChI=1S/C13H14FN3.ClH/c14-10-3-1-2-9(6-10)13-16-8-12-7-11(15)4-5-17(12)13;/h1-3,6,8,11H,4-5,7,15H2;1H. The van der Waals surface area contributed by atoms with E-state index in [1.54, 1.807) is 6.07 Å². The van der Waals surface area contributed by atoms with Crippen LogP contribution in [-0.4, -0.2) is 15.6 Å². The van der Waals surface area contributed by atoms with E-state index in [1.807, 2.05) is 12.3 Å². The number of hydrogen-bond donors (Lipinski definition) is 1. The highest BCUT2D eigenvalue weighted by Gasteiger charge is 2.19. The summed E-state index contributed by atoms with van der Waals surface area (Å²) in [5.74, 6) is 0.610. The number of halogens is 2. The molecule has 2 heterocycles. The molecule has 0 bridgehead atoms. The van der Waals surface area contributed by atoms with E-state index < -0.39 is 0 Å². The molecule has 1 aromatic heterocycles. The molecule has 0 amide bonds. The van der Waals surface area contributed by atoms with E-state index in [1.165, 1.54) is 12.1 Å². The molecular weight excluding hydrogens is 253 g/mol. The summed E-state index contributed by atoms with van der Waals surface area (Å²) in [5.41, 5.74) is 7.89. The highest BCUT2D eigenvalue weighted by Crippen LogP contribution is 2.24. The van der Waals surface area contributed by atoms with Gasteiger partial charge >= 0.3 is 0 Å². The first kappa shape index (κ1) is 13.1. The van der Waals surface area contributed by atoms with Crippen LogP contribution in [0.3, 0.4) is 0 Å². The predicted octanol–water partition coefficient (Wildman–Crippen LogP) is 2.38. The molecule has 1 atom stereocenters. The maximum atomic E-state index is 13.2. The molecule has 1 aliphatic heterocycles. The van der Waals surface area contributed by atoms with Crippen LogP contribution in [0.2, 0.25) is 0 Å². The summed E-state index contributed by atoms with van der Waals surface area (Å²) in [4.78, 5) is 4.38. The van der Waals surface area contributed by atoms with Crippen LogP contribution in [0, 0.1) is 5.82 Å². The Labute approximate surface area is 111 Å². The molecule has 5 heteroatoms. The van der Waals surface area contributed by atoms with Gasteiger partial charge in [0.15, 0.2) is 0 Å². The van der Waals surface area contributed by atoms with Gasteiger partial charge in [-0.25, -0.2) is 9.37 Å². The maximum absolute atomic E-state index is 13.2. The van der Waals surface area contributed by atoms with Gasteiger partial charge in [-0.2, -0.15) is 0 Å². The number of nitrogens with two attached hydrogens (primary N) is 1. The van der Waals surface area contributed by atoms with Crippen LogP contribution in [0.1, 0.15) is 12.1 Å². The summed E-state index contributed by atoms with van der Waals surface area (Å²) >= 11 is 0. The van der Waals surface area contributed by atoms with Crippen LogP contribution < -0.4 is 5.73 Å². The highest BCUT2D eigenvalue weighted by atomic mass is 35.5. The Hall–Kier alpha value is -1.39. The topological polar surface area (TPSA) is 43.8 Å². The first-order chi connectivity index (χ1) is 8.24. The molecule has 0 spiro atoms. The van der Waals surface area contributed by atoms with E-state index >= 15 is 0 Å². The monoisotopic (exact) mass is 267 g/mol. The van der Waals surface area contributed by atoms with Gasteiger partial charge in [0.1, 0.15) is 11.6 Å². The number of aromatic nitrogens is 2. The van der Waals surface area contributed by atoms with Gasteiger partial charge in [-0.15, -0.1) is 12.4 Å². The van der Waals surface area contributed by atoms with Crippen LogP contribution in [-0.2, 0) is 13.0 Å². The Morgan fingerprint density at radius 3 is 3.00 bits per heavy atom. The summed E-state index contributed by atoms with van der Waals surface area (Å²) in [5, 5.41) is 0. The Morgan fingerprint density at radius 1 is 1.39 bits per heavy atom. The van der Waals surface area contributed by atoms with Crippen molar-refractivity contribution in [2.45, 2.75) is 25.4 Å². The van der Waals surface area contributed by atoms with Gasteiger partial charge in [-0.1, -0.05) is 12.1 Å². The van der Waals surface area contributed by atoms with Crippen molar-refractivity contribution in [3.05, 3.63) is 42.0 Å². The van der Waals surface area contributed by atoms with Crippen molar-refractivity contribution in [2.24, 2.45) is 5.73 Å². The Kier molecular flexibility index (Phi) is 3.68. The number of fused-ring (bicyclic) bond motifs is 1. The molecule has 1 unspecified atom stereocenters. The number of imidazole rings is 1. The van der Waals surface area contributed by atoms with E-state index in [2.05, 4.69) is 9.55 Å². The smallest absolute Gasteiger partial charge is 0.140 e. The van der Waals surface area contributed by atoms with Crippen molar-refractivity contribution in [2.75, 3.05) is 0 Å². The van der Waals surface area contributed by atoms with Gasteiger partial charge in [0.25, 0.3) is 0 Å². The molecule has 0 radical (unpaired) electrons. The van der Waals surface area contributed by atoms with Gasteiger partial charge in [0, 0.05) is 36.5 Å². The van der Waals surface area contributed by atoms with Crippen molar-refractivity contribution in [1.82, 2.24) is 9.55 Å². The van der Waals surface area contributed by atoms with Crippen LogP contribution in [0.25, 0.3) is 11.4 Å². The largest absolute Gasteiger partial charge is 0.328 e. The average Bonchev–Trinajstić information content (AvgIpc) is 2.71. The Morgan fingerprint density at radius 2 is 2.22 bits per heavy atom. The fourth-order valence-electron chi connectivity index (χ4n) is 2.35. The zero-order valence-corrected chi connectivity index (χ0v) is 10.7.